The molecular weight excluding hydrogens is 416 g/mol. The summed E-state index contributed by atoms with van der Waals surface area (Å²) >= 11 is 0. The van der Waals surface area contributed by atoms with E-state index < -0.39 is 0 Å². The van der Waals surface area contributed by atoms with E-state index in [1.807, 2.05) is 0 Å². The Labute approximate surface area is 215 Å². The number of ether oxygens (including phenoxy) is 1. The molecule has 0 aromatic heterocycles. The molecule has 0 aliphatic rings. The van der Waals surface area contributed by atoms with Crippen LogP contribution >= 0.6 is 0 Å². The minimum atomic E-state index is 0.0496. The van der Waals surface area contributed by atoms with Crippen molar-refractivity contribution in [3.8, 4) is 0 Å². The highest BCUT2D eigenvalue weighted by atomic mass is 16.5. The normalized spacial score (nSPS) is 12.2. The van der Waals surface area contributed by atoms with Gasteiger partial charge in [0.2, 0.25) is 0 Å². The van der Waals surface area contributed by atoms with E-state index in [2.05, 4.69) is 20.8 Å². The zero-order valence-corrected chi connectivity index (χ0v) is 24.0. The van der Waals surface area contributed by atoms with E-state index in [0.29, 0.717) is 6.42 Å². The Bertz CT molecular complexity index is 392. The average molecular weight is 481 g/mol. The number of hydrogen-bond donors (Lipinski definition) is 0. The standard InChI is InChI=1S/C32H64O2/c1-4-7-9-11-13-15-17-18-19-21-23-25-27-30-32(33)34-31(28-6-3)29-26-24-22-20-16-14-12-10-8-5-2/h31H,4-30H2,1-3H3. The van der Waals surface area contributed by atoms with Gasteiger partial charge >= 0.3 is 5.97 Å². The number of esters is 1. The molecule has 0 aromatic rings. The highest BCUT2D eigenvalue weighted by molar-refractivity contribution is 5.69. The first-order chi connectivity index (χ1) is 16.7. The Kier molecular flexibility index (Phi) is 28.3. The summed E-state index contributed by atoms with van der Waals surface area (Å²) in [5, 5.41) is 0. The fourth-order valence-electron chi connectivity index (χ4n) is 4.98. The molecule has 1 unspecified atom stereocenters. The Morgan fingerprint density at radius 1 is 0.441 bits per heavy atom. The second-order valence-corrected chi connectivity index (χ2v) is 10.9. The lowest BCUT2D eigenvalue weighted by Gasteiger charge is -2.17. The van der Waals surface area contributed by atoms with Gasteiger partial charge in [0, 0.05) is 6.42 Å². The van der Waals surface area contributed by atoms with Crippen LogP contribution in [0, 0.1) is 0 Å². The first kappa shape index (κ1) is 33.5. The monoisotopic (exact) mass is 480 g/mol. The third-order valence-corrected chi connectivity index (χ3v) is 7.27. The van der Waals surface area contributed by atoms with Crippen LogP contribution in [0.5, 0.6) is 0 Å². The third kappa shape index (κ3) is 26.1. The van der Waals surface area contributed by atoms with Gasteiger partial charge in [-0.1, -0.05) is 162 Å². The van der Waals surface area contributed by atoms with Gasteiger partial charge in [-0.05, 0) is 25.7 Å². The maximum atomic E-state index is 12.3. The molecule has 0 fully saturated rings. The van der Waals surface area contributed by atoms with Crippen molar-refractivity contribution in [1.82, 2.24) is 0 Å². The van der Waals surface area contributed by atoms with Gasteiger partial charge in [0.05, 0.1) is 0 Å². The first-order valence-electron chi connectivity index (χ1n) is 15.9. The van der Waals surface area contributed by atoms with E-state index in [0.717, 1.165) is 25.7 Å². The number of carbonyl (C=O) groups is 1. The Morgan fingerprint density at radius 3 is 1.18 bits per heavy atom. The lowest BCUT2D eigenvalue weighted by Crippen LogP contribution is -2.18. The number of unbranched alkanes of at least 4 members (excludes halogenated alkanes) is 21. The molecule has 1 atom stereocenters. The topological polar surface area (TPSA) is 26.3 Å². The van der Waals surface area contributed by atoms with E-state index in [1.54, 1.807) is 0 Å². The van der Waals surface area contributed by atoms with Crippen LogP contribution in [0.15, 0.2) is 0 Å². The van der Waals surface area contributed by atoms with E-state index in [-0.39, 0.29) is 12.1 Å². The summed E-state index contributed by atoms with van der Waals surface area (Å²) in [4.78, 5) is 12.3. The van der Waals surface area contributed by atoms with Gasteiger partial charge < -0.3 is 4.74 Å². The smallest absolute Gasteiger partial charge is 0.306 e. The van der Waals surface area contributed by atoms with Gasteiger partial charge in [-0.25, -0.2) is 0 Å². The van der Waals surface area contributed by atoms with E-state index in [4.69, 9.17) is 4.74 Å². The molecule has 0 rings (SSSR count). The second kappa shape index (κ2) is 28.7. The van der Waals surface area contributed by atoms with Crippen molar-refractivity contribution in [2.24, 2.45) is 0 Å². The Morgan fingerprint density at radius 2 is 0.794 bits per heavy atom. The summed E-state index contributed by atoms with van der Waals surface area (Å²) in [6.45, 7) is 6.76. The van der Waals surface area contributed by atoms with Crippen molar-refractivity contribution >= 4 is 5.97 Å². The number of hydrogen-bond acceptors (Lipinski definition) is 2. The van der Waals surface area contributed by atoms with E-state index in [9.17, 15) is 4.79 Å². The molecule has 0 saturated carbocycles. The Balaban J connectivity index is 3.54. The summed E-state index contributed by atoms with van der Waals surface area (Å²) in [6, 6.07) is 0. The highest BCUT2D eigenvalue weighted by Crippen LogP contribution is 2.17. The van der Waals surface area contributed by atoms with Crippen molar-refractivity contribution in [3.63, 3.8) is 0 Å². The summed E-state index contributed by atoms with van der Waals surface area (Å²) < 4.78 is 5.84. The molecule has 0 aliphatic carbocycles. The molecule has 0 bridgehead atoms. The largest absolute Gasteiger partial charge is 0.462 e. The Hall–Kier alpha value is -0.530. The van der Waals surface area contributed by atoms with Crippen LogP contribution in [-0.4, -0.2) is 12.1 Å². The van der Waals surface area contributed by atoms with Gasteiger partial charge in [0.15, 0.2) is 0 Å². The van der Waals surface area contributed by atoms with Crippen LogP contribution in [0.25, 0.3) is 0 Å². The molecule has 0 spiro atoms. The van der Waals surface area contributed by atoms with Crippen molar-refractivity contribution < 1.29 is 9.53 Å². The van der Waals surface area contributed by atoms with Crippen molar-refractivity contribution in [1.29, 1.82) is 0 Å². The molecule has 0 amide bonds. The van der Waals surface area contributed by atoms with Crippen molar-refractivity contribution in [2.75, 3.05) is 0 Å². The molecule has 2 nitrogen and oxygen atoms in total. The molecule has 0 saturated heterocycles. The lowest BCUT2D eigenvalue weighted by molar-refractivity contribution is -0.150. The van der Waals surface area contributed by atoms with Crippen molar-refractivity contribution in [2.45, 2.75) is 200 Å². The summed E-state index contributed by atoms with van der Waals surface area (Å²) in [7, 11) is 0. The third-order valence-electron chi connectivity index (χ3n) is 7.27. The van der Waals surface area contributed by atoms with Crippen LogP contribution in [0.1, 0.15) is 194 Å². The predicted molar refractivity (Wildman–Crippen MR) is 152 cm³/mol. The average Bonchev–Trinajstić information content (AvgIpc) is 2.83. The van der Waals surface area contributed by atoms with Crippen LogP contribution in [0.3, 0.4) is 0 Å². The fraction of sp³-hybridized carbons (Fsp3) is 0.969. The summed E-state index contributed by atoms with van der Waals surface area (Å²) in [5.74, 6) is 0.0496. The molecule has 0 heterocycles. The zero-order valence-electron chi connectivity index (χ0n) is 24.0. The van der Waals surface area contributed by atoms with Crippen LogP contribution in [0.2, 0.25) is 0 Å². The summed E-state index contributed by atoms with van der Waals surface area (Å²) in [6.07, 6.45) is 35.1. The quantitative estimate of drug-likeness (QED) is 0.0821. The molecule has 34 heavy (non-hydrogen) atoms. The summed E-state index contributed by atoms with van der Waals surface area (Å²) in [5.41, 5.74) is 0. The van der Waals surface area contributed by atoms with E-state index >= 15 is 0 Å². The number of rotatable bonds is 28. The lowest BCUT2D eigenvalue weighted by atomic mass is 10.0. The van der Waals surface area contributed by atoms with Crippen molar-refractivity contribution in [3.05, 3.63) is 0 Å². The zero-order chi connectivity index (χ0) is 25.0. The predicted octanol–water partition coefficient (Wildman–Crippen LogP) is 11.5. The van der Waals surface area contributed by atoms with E-state index in [1.165, 1.54) is 141 Å². The molecule has 0 aliphatic heterocycles. The van der Waals surface area contributed by atoms with Crippen LogP contribution < -0.4 is 0 Å². The molecule has 0 N–H and O–H groups in total. The minimum absolute atomic E-state index is 0.0496. The van der Waals surface area contributed by atoms with Gasteiger partial charge in [-0.3, -0.25) is 4.79 Å². The maximum absolute atomic E-state index is 12.3. The molecule has 204 valence electrons. The second-order valence-electron chi connectivity index (χ2n) is 10.9. The molecule has 0 radical (unpaired) electrons. The minimum Gasteiger partial charge on any atom is -0.462 e. The fourth-order valence-corrected chi connectivity index (χ4v) is 4.98. The SMILES string of the molecule is CCCCCCCCCCCCCCCC(=O)OC(CCC)CCCCCCCCCCCC. The molecular formula is C32H64O2. The van der Waals surface area contributed by atoms with Gasteiger partial charge in [0.1, 0.15) is 6.10 Å². The van der Waals surface area contributed by atoms with Gasteiger partial charge in [-0.2, -0.15) is 0 Å². The first-order valence-corrected chi connectivity index (χ1v) is 15.9. The van der Waals surface area contributed by atoms with Gasteiger partial charge in [-0.15, -0.1) is 0 Å². The maximum Gasteiger partial charge on any atom is 0.306 e. The molecule has 0 aromatic carbocycles. The van der Waals surface area contributed by atoms with Crippen LogP contribution in [-0.2, 0) is 9.53 Å². The van der Waals surface area contributed by atoms with Crippen LogP contribution in [0.4, 0.5) is 0 Å². The highest BCUT2D eigenvalue weighted by Gasteiger charge is 2.13. The molecule has 2 heteroatoms. The number of carbonyl (C=O) groups excluding carboxylic acids is 1. The van der Waals surface area contributed by atoms with Gasteiger partial charge in [0.25, 0.3) is 0 Å².